The quantitative estimate of drug-likeness (QED) is 0.228. The van der Waals surface area contributed by atoms with Gasteiger partial charge < -0.3 is 5.32 Å². The Balaban J connectivity index is 2.36. The van der Waals surface area contributed by atoms with Crippen LogP contribution in [0.5, 0.6) is 0 Å². The summed E-state index contributed by atoms with van der Waals surface area (Å²) in [6, 6.07) is 5.11. The summed E-state index contributed by atoms with van der Waals surface area (Å²) in [6.07, 6.45) is -2.86. The summed E-state index contributed by atoms with van der Waals surface area (Å²) in [5.74, 6) is -6.38. The first-order valence-electron chi connectivity index (χ1n) is 10.3. The molecule has 0 spiro atoms. The molecule has 0 fully saturated rings. The number of alkyl halides is 6. The molecular weight excluding hydrogens is 575 g/mol. The van der Waals surface area contributed by atoms with Gasteiger partial charge in [0, 0.05) is 30.0 Å². The summed E-state index contributed by atoms with van der Waals surface area (Å²) >= 11 is 17.7. The van der Waals surface area contributed by atoms with E-state index in [1.54, 1.807) is 0 Å². The summed E-state index contributed by atoms with van der Waals surface area (Å²) in [7, 11) is -1.56. The van der Waals surface area contributed by atoms with E-state index in [1.807, 2.05) is 0 Å². The van der Waals surface area contributed by atoms with E-state index in [9.17, 15) is 35.3 Å². The molecule has 2 atom stereocenters. The maximum atomic E-state index is 14.4. The van der Waals surface area contributed by atoms with Gasteiger partial charge >= 0.3 is 6.18 Å². The van der Waals surface area contributed by atoms with Crippen molar-refractivity contribution in [2.75, 3.05) is 24.7 Å². The molecular formula is C23H20Cl3F6NO2S. The van der Waals surface area contributed by atoms with Gasteiger partial charge in [-0.1, -0.05) is 53.0 Å². The van der Waals surface area contributed by atoms with Gasteiger partial charge in [-0.3, -0.25) is 13.4 Å². The molecule has 0 saturated carbocycles. The zero-order valence-electron chi connectivity index (χ0n) is 18.6. The van der Waals surface area contributed by atoms with E-state index in [0.717, 1.165) is 24.3 Å². The third kappa shape index (κ3) is 8.39. The van der Waals surface area contributed by atoms with Gasteiger partial charge in [-0.25, -0.2) is 8.78 Å². The van der Waals surface area contributed by atoms with Crippen LogP contribution in [0, 0.1) is 0 Å². The smallest absolute Gasteiger partial charge is 0.351 e. The second kappa shape index (κ2) is 12.7. The fraction of sp³-hybridized carbons (Fsp3) is 0.348. The molecule has 0 aliphatic rings. The number of rotatable bonds is 10. The standard InChI is InChI=1S/C23H20Cl3F6NO2S/c1-22(28,29)16(14-11-18(24)20(26)19(25)12-14)5-3-13-2-4-15(17(10-13)23(30,31)32)21(34)33-7-9-36(35)8-6-27/h2-5,10-12,16H,6-9H2,1H3,(H,33,34)/b5-3+. The number of carbonyl (C=O) groups excluding carboxylic acids is 1. The first kappa shape index (κ1) is 30.5. The second-order valence-electron chi connectivity index (χ2n) is 7.69. The first-order chi connectivity index (χ1) is 16.6. The van der Waals surface area contributed by atoms with Crippen LogP contribution in [0.1, 0.15) is 39.9 Å². The number of amides is 1. The van der Waals surface area contributed by atoms with Gasteiger partial charge in [-0.15, -0.1) is 0 Å². The third-order valence-electron chi connectivity index (χ3n) is 4.91. The predicted molar refractivity (Wildman–Crippen MR) is 131 cm³/mol. The Hall–Kier alpha value is -1.75. The van der Waals surface area contributed by atoms with Crippen molar-refractivity contribution in [1.29, 1.82) is 0 Å². The van der Waals surface area contributed by atoms with E-state index in [4.69, 9.17) is 34.8 Å². The van der Waals surface area contributed by atoms with Gasteiger partial charge in [0.15, 0.2) is 0 Å². The number of hydrogen-bond donors (Lipinski definition) is 1. The molecule has 0 aliphatic carbocycles. The maximum Gasteiger partial charge on any atom is 0.417 e. The molecule has 3 nitrogen and oxygen atoms in total. The van der Waals surface area contributed by atoms with Crippen LogP contribution >= 0.6 is 34.8 Å². The number of hydrogen-bond acceptors (Lipinski definition) is 2. The SMILES string of the molecule is CC(F)(F)C(/C=C/c1ccc(C(=O)NCCS(=O)CCF)c(C(F)(F)F)c1)c1cc(Cl)c(Cl)c(Cl)c1. The molecule has 0 bridgehead atoms. The van der Waals surface area contributed by atoms with Crippen molar-refractivity contribution >= 4 is 57.6 Å². The fourth-order valence-electron chi connectivity index (χ4n) is 3.19. The molecule has 1 amide bonds. The Labute approximate surface area is 221 Å². The molecule has 2 rings (SSSR count). The highest BCUT2D eigenvalue weighted by Crippen LogP contribution is 2.40. The van der Waals surface area contributed by atoms with Gasteiger partial charge in [-0.2, -0.15) is 13.2 Å². The largest absolute Gasteiger partial charge is 0.417 e. The first-order valence-corrected chi connectivity index (χ1v) is 12.9. The average molecular weight is 595 g/mol. The average Bonchev–Trinajstić information content (AvgIpc) is 2.76. The van der Waals surface area contributed by atoms with Gasteiger partial charge in [0.2, 0.25) is 0 Å². The number of benzene rings is 2. The Morgan fingerprint density at radius 1 is 1.06 bits per heavy atom. The molecule has 2 aromatic carbocycles. The highest BCUT2D eigenvalue weighted by atomic mass is 35.5. The molecule has 36 heavy (non-hydrogen) atoms. The van der Waals surface area contributed by atoms with Crippen LogP contribution in [-0.2, 0) is 17.0 Å². The maximum absolute atomic E-state index is 14.4. The third-order valence-corrected chi connectivity index (χ3v) is 7.37. The summed E-state index contributed by atoms with van der Waals surface area (Å²) in [5.41, 5.74) is -2.09. The van der Waals surface area contributed by atoms with Crippen molar-refractivity contribution in [3.05, 3.63) is 73.7 Å². The van der Waals surface area contributed by atoms with E-state index in [1.165, 1.54) is 12.1 Å². The van der Waals surface area contributed by atoms with E-state index in [0.29, 0.717) is 13.0 Å². The molecule has 0 aliphatic heterocycles. The number of nitrogens with one attached hydrogen (secondary N) is 1. The Bertz CT molecular complexity index is 1130. The molecule has 0 saturated heterocycles. The van der Waals surface area contributed by atoms with Crippen molar-refractivity contribution < 1.29 is 35.3 Å². The van der Waals surface area contributed by atoms with E-state index < -0.39 is 52.5 Å². The van der Waals surface area contributed by atoms with E-state index >= 15 is 0 Å². The lowest BCUT2D eigenvalue weighted by molar-refractivity contribution is -0.138. The van der Waals surface area contributed by atoms with E-state index in [-0.39, 0.29) is 44.2 Å². The minimum atomic E-state index is -4.93. The molecule has 1 N–H and O–H groups in total. The van der Waals surface area contributed by atoms with Crippen molar-refractivity contribution in [2.45, 2.75) is 24.9 Å². The number of allylic oxidation sites excluding steroid dienone is 1. The Morgan fingerprint density at radius 2 is 1.67 bits per heavy atom. The minimum Gasteiger partial charge on any atom is -0.351 e. The number of carbonyl (C=O) groups is 1. The van der Waals surface area contributed by atoms with Crippen LogP contribution in [-0.4, -0.2) is 40.8 Å². The van der Waals surface area contributed by atoms with Crippen molar-refractivity contribution in [1.82, 2.24) is 5.32 Å². The van der Waals surface area contributed by atoms with Crippen LogP contribution in [0.3, 0.4) is 0 Å². The van der Waals surface area contributed by atoms with Crippen LogP contribution in [0.2, 0.25) is 15.1 Å². The Morgan fingerprint density at radius 3 is 2.19 bits per heavy atom. The summed E-state index contributed by atoms with van der Waals surface area (Å²) in [4.78, 5) is 12.3. The number of halogens is 9. The van der Waals surface area contributed by atoms with Crippen molar-refractivity contribution in [3.8, 4) is 0 Å². The van der Waals surface area contributed by atoms with Crippen molar-refractivity contribution in [2.24, 2.45) is 0 Å². The summed E-state index contributed by atoms with van der Waals surface area (Å²) < 4.78 is 93.3. The summed E-state index contributed by atoms with van der Waals surface area (Å²) in [6.45, 7) is -0.409. The zero-order valence-corrected chi connectivity index (χ0v) is 21.7. The van der Waals surface area contributed by atoms with Gasteiger partial charge in [0.05, 0.1) is 37.9 Å². The molecule has 0 heterocycles. The van der Waals surface area contributed by atoms with Crippen molar-refractivity contribution in [3.63, 3.8) is 0 Å². The second-order valence-corrected chi connectivity index (χ2v) is 10.6. The van der Waals surface area contributed by atoms with Gasteiger partial charge in [0.25, 0.3) is 11.8 Å². The lowest BCUT2D eigenvalue weighted by Crippen LogP contribution is -2.30. The normalized spacial score (nSPS) is 14.2. The monoisotopic (exact) mass is 593 g/mol. The molecule has 198 valence electrons. The lowest BCUT2D eigenvalue weighted by Gasteiger charge is -2.22. The highest BCUT2D eigenvalue weighted by molar-refractivity contribution is 7.85. The lowest BCUT2D eigenvalue weighted by atomic mass is 9.92. The van der Waals surface area contributed by atoms with Gasteiger partial charge in [0.1, 0.15) is 6.67 Å². The predicted octanol–water partition coefficient (Wildman–Crippen LogP) is 7.57. The fourth-order valence-corrected chi connectivity index (χ4v) is 4.51. The van der Waals surface area contributed by atoms with Crippen LogP contribution in [0.25, 0.3) is 6.08 Å². The molecule has 0 radical (unpaired) electrons. The van der Waals surface area contributed by atoms with E-state index in [2.05, 4.69) is 5.32 Å². The van der Waals surface area contributed by atoms with Crippen LogP contribution in [0.4, 0.5) is 26.3 Å². The minimum absolute atomic E-state index is 0.00431. The summed E-state index contributed by atoms with van der Waals surface area (Å²) in [5, 5.41) is 2.06. The molecule has 2 unspecified atom stereocenters. The molecule has 0 aromatic heterocycles. The zero-order chi connectivity index (χ0) is 27.3. The Kier molecular flexibility index (Phi) is 10.7. The topological polar surface area (TPSA) is 46.2 Å². The molecule has 13 heteroatoms. The molecule has 2 aromatic rings. The van der Waals surface area contributed by atoms with Gasteiger partial charge in [-0.05, 0) is 35.4 Å². The van der Waals surface area contributed by atoms with Crippen LogP contribution in [0.15, 0.2) is 36.4 Å². The highest BCUT2D eigenvalue weighted by Gasteiger charge is 2.36. The van der Waals surface area contributed by atoms with Crippen LogP contribution < -0.4 is 5.32 Å².